The molecule has 0 spiro atoms. The first-order chi connectivity index (χ1) is 18.1. The van der Waals surface area contributed by atoms with E-state index in [9.17, 15) is 9.59 Å². The van der Waals surface area contributed by atoms with Crippen LogP contribution in [0.3, 0.4) is 0 Å². The molecule has 2 fully saturated rings. The fraction of sp³-hybridized carbons (Fsp3) is 0.300. The van der Waals surface area contributed by atoms with Crippen LogP contribution in [0.1, 0.15) is 59.0 Å². The normalized spacial score (nSPS) is 17.2. The highest BCUT2D eigenvalue weighted by atomic mass is 16.6. The third-order valence-corrected chi connectivity index (χ3v) is 7.31. The molecule has 1 saturated heterocycles. The van der Waals surface area contributed by atoms with E-state index in [-0.39, 0.29) is 24.6 Å². The van der Waals surface area contributed by atoms with Gasteiger partial charge in [0.1, 0.15) is 12.4 Å². The second-order valence-corrected chi connectivity index (χ2v) is 9.97. The summed E-state index contributed by atoms with van der Waals surface area (Å²) in [5.74, 6) is 0.767. The Balaban J connectivity index is 1.22. The smallest absolute Gasteiger partial charge is 0.410 e. The zero-order valence-electron chi connectivity index (χ0n) is 20.9. The van der Waals surface area contributed by atoms with E-state index in [4.69, 9.17) is 9.72 Å². The van der Waals surface area contributed by atoms with Crippen molar-refractivity contribution in [3.8, 4) is 11.1 Å². The van der Waals surface area contributed by atoms with E-state index < -0.39 is 0 Å². The van der Waals surface area contributed by atoms with Crippen molar-refractivity contribution in [1.82, 2.24) is 20.2 Å². The number of hydrogen-bond acceptors (Lipinski definition) is 4. The first kappa shape index (κ1) is 23.3. The van der Waals surface area contributed by atoms with Gasteiger partial charge in [-0.2, -0.15) is 0 Å². The van der Waals surface area contributed by atoms with Crippen molar-refractivity contribution >= 4 is 23.0 Å². The minimum absolute atomic E-state index is 0.00719. The molecule has 188 valence electrons. The lowest BCUT2D eigenvalue weighted by atomic mass is 9.96. The van der Waals surface area contributed by atoms with Crippen LogP contribution < -0.4 is 5.32 Å². The van der Waals surface area contributed by atoms with Gasteiger partial charge in [-0.1, -0.05) is 48.5 Å². The third-order valence-electron chi connectivity index (χ3n) is 7.31. The number of fused-ring (bicyclic) bond motifs is 1. The standard InChI is InChI=1S/C30H30N4O3/c1-19-23(9-5-10-24(19)29(35)31-22-13-14-22)21-12-15-25-26(17-21)33-28(32-25)27-11-6-16-34(27)30(36)37-18-20-7-3-2-4-8-20/h2-5,7-10,12,15,17,22,27H,6,11,13-14,16,18H2,1H3,(H,31,35)(H,32,33). The third kappa shape index (κ3) is 4.81. The molecule has 2 N–H and O–H groups in total. The lowest BCUT2D eigenvalue weighted by Crippen LogP contribution is -2.31. The maximum Gasteiger partial charge on any atom is 0.410 e. The van der Waals surface area contributed by atoms with E-state index in [2.05, 4.69) is 16.4 Å². The highest BCUT2D eigenvalue weighted by Gasteiger charge is 2.33. The number of likely N-dealkylation sites (tertiary alicyclic amines) is 1. The summed E-state index contributed by atoms with van der Waals surface area (Å²) in [7, 11) is 0. The van der Waals surface area contributed by atoms with E-state index >= 15 is 0 Å². The Labute approximate surface area is 215 Å². The Morgan fingerprint density at radius 2 is 1.89 bits per heavy atom. The number of benzene rings is 3. The number of carbonyl (C=O) groups excluding carboxylic acids is 2. The molecule has 3 aromatic carbocycles. The molecular formula is C30H30N4O3. The summed E-state index contributed by atoms with van der Waals surface area (Å²) in [6.45, 7) is 2.90. The van der Waals surface area contributed by atoms with Crippen LogP contribution in [-0.2, 0) is 11.3 Å². The van der Waals surface area contributed by atoms with Crippen LogP contribution >= 0.6 is 0 Å². The summed E-state index contributed by atoms with van der Waals surface area (Å²) in [4.78, 5) is 35.6. The van der Waals surface area contributed by atoms with Gasteiger partial charge < -0.3 is 15.0 Å². The molecule has 0 bridgehead atoms. The average molecular weight is 495 g/mol. The van der Waals surface area contributed by atoms with E-state index in [0.29, 0.717) is 18.2 Å². The minimum Gasteiger partial charge on any atom is -0.445 e. The van der Waals surface area contributed by atoms with E-state index in [1.165, 1.54) is 0 Å². The van der Waals surface area contributed by atoms with Gasteiger partial charge in [-0.05, 0) is 73.1 Å². The number of ether oxygens (including phenoxy) is 1. The van der Waals surface area contributed by atoms with Crippen LogP contribution in [0.2, 0.25) is 0 Å². The van der Waals surface area contributed by atoms with Crippen molar-refractivity contribution in [3.63, 3.8) is 0 Å². The van der Waals surface area contributed by atoms with Gasteiger partial charge in [0.05, 0.1) is 17.1 Å². The molecule has 1 aromatic heterocycles. The van der Waals surface area contributed by atoms with Crippen molar-refractivity contribution in [1.29, 1.82) is 0 Å². The molecule has 7 heteroatoms. The van der Waals surface area contributed by atoms with Crippen molar-refractivity contribution in [2.24, 2.45) is 0 Å². The number of amides is 2. The molecule has 4 aromatic rings. The predicted molar refractivity (Wildman–Crippen MR) is 142 cm³/mol. The fourth-order valence-corrected chi connectivity index (χ4v) is 5.11. The van der Waals surface area contributed by atoms with Crippen molar-refractivity contribution in [2.45, 2.75) is 51.3 Å². The fourth-order valence-electron chi connectivity index (χ4n) is 5.11. The van der Waals surface area contributed by atoms with Gasteiger partial charge in [-0.3, -0.25) is 9.69 Å². The Morgan fingerprint density at radius 1 is 1.05 bits per heavy atom. The molecule has 37 heavy (non-hydrogen) atoms. The largest absolute Gasteiger partial charge is 0.445 e. The monoisotopic (exact) mass is 494 g/mol. The molecule has 0 radical (unpaired) electrons. The Kier molecular flexibility index (Phi) is 6.12. The molecule has 1 atom stereocenters. The molecule has 2 amide bonds. The molecule has 1 unspecified atom stereocenters. The van der Waals surface area contributed by atoms with Crippen molar-refractivity contribution < 1.29 is 14.3 Å². The predicted octanol–water partition coefficient (Wildman–Crippen LogP) is 5.90. The zero-order chi connectivity index (χ0) is 25.4. The van der Waals surface area contributed by atoms with Crippen LogP contribution in [0.4, 0.5) is 4.79 Å². The number of aromatic nitrogens is 2. The number of rotatable bonds is 6. The Morgan fingerprint density at radius 3 is 2.70 bits per heavy atom. The first-order valence-corrected chi connectivity index (χ1v) is 12.9. The van der Waals surface area contributed by atoms with E-state index in [1.54, 1.807) is 4.90 Å². The Bertz CT molecular complexity index is 1460. The molecule has 2 heterocycles. The quantitative estimate of drug-likeness (QED) is 0.349. The number of hydrogen-bond donors (Lipinski definition) is 2. The highest BCUT2D eigenvalue weighted by Crippen LogP contribution is 2.34. The molecule has 2 aliphatic rings. The average Bonchev–Trinajstić information content (AvgIpc) is 3.42. The number of nitrogens with one attached hydrogen (secondary N) is 2. The number of nitrogens with zero attached hydrogens (tertiary/aromatic N) is 2. The van der Waals surface area contributed by atoms with Crippen LogP contribution in [0.15, 0.2) is 66.7 Å². The highest BCUT2D eigenvalue weighted by molar-refractivity contribution is 5.98. The first-order valence-electron chi connectivity index (χ1n) is 12.9. The summed E-state index contributed by atoms with van der Waals surface area (Å²) >= 11 is 0. The topological polar surface area (TPSA) is 87.3 Å². The molecule has 1 aliphatic heterocycles. The van der Waals surface area contributed by atoms with Crippen LogP contribution in [0.25, 0.3) is 22.2 Å². The van der Waals surface area contributed by atoms with Gasteiger partial charge >= 0.3 is 6.09 Å². The van der Waals surface area contributed by atoms with E-state index in [0.717, 1.165) is 64.8 Å². The van der Waals surface area contributed by atoms with Gasteiger partial charge in [0.25, 0.3) is 5.91 Å². The van der Waals surface area contributed by atoms with Gasteiger partial charge in [-0.25, -0.2) is 9.78 Å². The lowest BCUT2D eigenvalue weighted by molar-refractivity contribution is 0.0909. The van der Waals surface area contributed by atoms with Gasteiger partial charge in [0.15, 0.2) is 0 Å². The second-order valence-electron chi connectivity index (χ2n) is 9.97. The number of H-pyrrole nitrogens is 1. The minimum atomic E-state index is -0.315. The second kappa shape index (κ2) is 9.73. The van der Waals surface area contributed by atoms with E-state index in [1.807, 2.05) is 67.6 Å². The Hall–Kier alpha value is -4.13. The molecular weight excluding hydrogens is 464 g/mol. The zero-order valence-corrected chi connectivity index (χ0v) is 20.9. The SMILES string of the molecule is Cc1c(C(=O)NC2CC2)cccc1-c1ccc2nc(C3CCCN3C(=O)OCc3ccccc3)[nH]c2c1. The number of imidazole rings is 1. The van der Waals surface area contributed by atoms with Gasteiger partial charge in [0, 0.05) is 18.2 Å². The lowest BCUT2D eigenvalue weighted by Gasteiger charge is -2.22. The number of aromatic amines is 1. The summed E-state index contributed by atoms with van der Waals surface area (Å²) in [6.07, 6.45) is 3.55. The van der Waals surface area contributed by atoms with Crippen LogP contribution in [-0.4, -0.2) is 39.5 Å². The van der Waals surface area contributed by atoms with Crippen LogP contribution in [0.5, 0.6) is 0 Å². The van der Waals surface area contributed by atoms with Crippen LogP contribution in [0, 0.1) is 6.92 Å². The molecule has 1 saturated carbocycles. The number of carbonyl (C=O) groups is 2. The summed E-state index contributed by atoms with van der Waals surface area (Å²) < 4.78 is 5.60. The van der Waals surface area contributed by atoms with Crippen molar-refractivity contribution in [3.05, 3.63) is 89.2 Å². The van der Waals surface area contributed by atoms with Crippen molar-refractivity contribution in [2.75, 3.05) is 6.54 Å². The van der Waals surface area contributed by atoms with Gasteiger partial charge in [0.2, 0.25) is 0 Å². The maximum absolute atomic E-state index is 12.9. The molecule has 6 rings (SSSR count). The van der Waals surface area contributed by atoms with Gasteiger partial charge in [-0.15, -0.1) is 0 Å². The molecule has 7 nitrogen and oxygen atoms in total. The summed E-state index contributed by atoms with van der Waals surface area (Å²) in [6, 6.07) is 21.9. The maximum atomic E-state index is 12.9. The summed E-state index contributed by atoms with van der Waals surface area (Å²) in [5.41, 5.74) is 6.44. The molecule has 1 aliphatic carbocycles. The summed E-state index contributed by atoms with van der Waals surface area (Å²) in [5, 5.41) is 3.09.